The third-order valence-corrected chi connectivity index (χ3v) is 3.32. The zero-order valence-corrected chi connectivity index (χ0v) is 11.6. The van der Waals surface area contributed by atoms with Gasteiger partial charge in [-0.2, -0.15) is 5.26 Å². The van der Waals surface area contributed by atoms with Crippen molar-refractivity contribution >= 4 is 21.6 Å². The van der Waals surface area contributed by atoms with Crippen LogP contribution < -0.4 is 4.90 Å². The Balaban J connectivity index is 3.02. The summed E-state index contributed by atoms with van der Waals surface area (Å²) in [6.07, 6.45) is 2.29. The molecule has 0 amide bonds. The highest BCUT2D eigenvalue weighted by Crippen LogP contribution is 2.26. The minimum absolute atomic E-state index is 0.450. The number of hydrogen-bond acceptors (Lipinski definition) is 2. The molecule has 1 rings (SSSR count). The van der Waals surface area contributed by atoms with Gasteiger partial charge in [-0.25, -0.2) is 0 Å². The number of anilines is 1. The van der Waals surface area contributed by atoms with Gasteiger partial charge in [0.05, 0.1) is 11.3 Å². The molecular formula is C13H17BrN2. The van der Waals surface area contributed by atoms with Gasteiger partial charge >= 0.3 is 0 Å². The van der Waals surface area contributed by atoms with Gasteiger partial charge in [0.2, 0.25) is 0 Å². The van der Waals surface area contributed by atoms with Crippen LogP contribution in [0.4, 0.5) is 5.69 Å². The fourth-order valence-electron chi connectivity index (χ4n) is 1.74. The Morgan fingerprint density at radius 3 is 2.75 bits per heavy atom. The van der Waals surface area contributed by atoms with Crippen LogP contribution >= 0.6 is 15.9 Å². The molecule has 0 aliphatic heterocycles. The molecule has 0 saturated carbocycles. The summed E-state index contributed by atoms with van der Waals surface area (Å²) >= 11 is 3.45. The first-order valence-corrected chi connectivity index (χ1v) is 6.32. The summed E-state index contributed by atoms with van der Waals surface area (Å²) < 4.78 is 1.01. The predicted octanol–water partition coefficient (Wildman–Crippen LogP) is 3.95. The molecule has 86 valence electrons. The summed E-state index contributed by atoms with van der Waals surface area (Å²) in [6, 6.07) is 8.45. The highest BCUT2D eigenvalue weighted by atomic mass is 79.9. The summed E-state index contributed by atoms with van der Waals surface area (Å²) in [5.41, 5.74) is 1.73. The second-order valence-corrected chi connectivity index (χ2v) is 4.94. The maximum absolute atomic E-state index is 9.08. The topological polar surface area (TPSA) is 27.0 Å². The van der Waals surface area contributed by atoms with Crippen molar-refractivity contribution in [3.8, 4) is 6.07 Å². The van der Waals surface area contributed by atoms with Crippen LogP contribution in [0, 0.1) is 11.3 Å². The zero-order valence-electron chi connectivity index (χ0n) is 10.00. The van der Waals surface area contributed by atoms with Gasteiger partial charge in [0.1, 0.15) is 6.07 Å². The zero-order chi connectivity index (χ0) is 12.1. The molecule has 0 spiro atoms. The molecule has 0 radical (unpaired) electrons. The summed E-state index contributed by atoms with van der Waals surface area (Å²) in [4.78, 5) is 2.17. The number of hydrogen-bond donors (Lipinski definition) is 0. The summed E-state index contributed by atoms with van der Waals surface area (Å²) in [5.74, 6) is 0. The number of nitrogens with zero attached hydrogens (tertiary/aromatic N) is 2. The largest absolute Gasteiger partial charge is 0.371 e. The van der Waals surface area contributed by atoms with E-state index in [4.69, 9.17) is 5.26 Å². The highest BCUT2D eigenvalue weighted by Gasteiger charge is 2.13. The lowest BCUT2D eigenvalue weighted by atomic mass is 10.1. The lowest BCUT2D eigenvalue weighted by Crippen LogP contribution is -2.29. The first kappa shape index (κ1) is 13.1. The third-order valence-electron chi connectivity index (χ3n) is 2.83. The fraction of sp³-hybridized carbons (Fsp3) is 0.462. The van der Waals surface area contributed by atoms with Gasteiger partial charge < -0.3 is 4.90 Å². The van der Waals surface area contributed by atoms with Gasteiger partial charge in [-0.15, -0.1) is 0 Å². The van der Waals surface area contributed by atoms with Crippen LogP contribution in [0.2, 0.25) is 0 Å². The summed E-state index contributed by atoms with van der Waals surface area (Å²) in [6.45, 7) is 4.36. The monoisotopic (exact) mass is 280 g/mol. The van der Waals surface area contributed by atoms with E-state index in [1.165, 1.54) is 0 Å². The van der Waals surface area contributed by atoms with E-state index in [1.807, 2.05) is 25.2 Å². The Morgan fingerprint density at radius 2 is 2.19 bits per heavy atom. The molecule has 0 saturated heterocycles. The van der Waals surface area contributed by atoms with Crippen LogP contribution in [0.25, 0.3) is 0 Å². The van der Waals surface area contributed by atoms with E-state index >= 15 is 0 Å². The molecule has 1 atom stereocenters. The molecule has 1 unspecified atom stereocenters. The molecule has 1 aromatic carbocycles. The Bertz CT molecular complexity index is 395. The maximum Gasteiger partial charge on any atom is 0.101 e. The van der Waals surface area contributed by atoms with E-state index in [0.29, 0.717) is 6.04 Å². The molecule has 0 aromatic heterocycles. The molecule has 0 bridgehead atoms. The van der Waals surface area contributed by atoms with E-state index in [-0.39, 0.29) is 0 Å². The summed E-state index contributed by atoms with van der Waals surface area (Å²) in [7, 11) is 2.04. The summed E-state index contributed by atoms with van der Waals surface area (Å²) in [5, 5.41) is 9.08. The molecule has 0 aliphatic rings. The number of benzene rings is 1. The first-order valence-electron chi connectivity index (χ1n) is 5.52. The van der Waals surface area contributed by atoms with Gasteiger partial charge in [-0.3, -0.25) is 0 Å². The van der Waals surface area contributed by atoms with Crippen molar-refractivity contribution in [3.05, 3.63) is 28.2 Å². The number of halogens is 1. The molecule has 16 heavy (non-hydrogen) atoms. The second kappa shape index (κ2) is 5.91. The van der Waals surface area contributed by atoms with Crippen LogP contribution in [0.5, 0.6) is 0 Å². The standard InChI is InChI=1S/C13H17BrN2/c1-4-5-10(2)16(3)13-8-12(14)7-6-11(13)9-15/h6-8,10H,4-5H2,1-3H3. The maximum atomic E-state index is 9.08. The van der Waals surface area contributed by atoms with Gasteiger partial charge in [0.25, 0.3) is 0 Å². The Kier molecular flexibility index (Phi) is 4.82. The smallest absolute Gasteiger partial charge is 0.101 e. The molecule has 0 heterocycles. The normalized spacial score (nSPS) is 11.9. The van der Waals surface area contributed by atoms with Crippen molar-refractivity contribution in [2.24, 2.45) is 0 Å². The van der Waals surface area contributed by atoms with Gasteiger partial charge in [0.15, 0.2) is 0 Å². The minimum Gasteiger partial charge on any atom is -0.371 e. The molecule has 2 nitrogen and oxygen atoms in total. The SMILES string of the molecule is CCCC(C)N(C)c1cc(Br)ccc1C#N. The van der Waals surface area contributed by atoms with Crippen LogP contribution in [0.1, 0.15) is 32.3 Å². The molecule has 3 heteroatoms. The lowest BCUT2D eigenvalue weighted by Gasteiger charge is -2.27. The van der Waals surface area contributed by atoms with Gasteiger partial charge in [0, 0.05) is 17.6 Å². The van der Waals surface area contributed by atoms with Crippen molar-refractivity contribution in [3.63, 3.8) is 0 Å². The van der Waals surface area contributed by atoms with Crippen LogP contribution in [0.15, 0.2) is 22.7 Å². The van der Waals surface area contributed by atoms with E-state index < -0.39 is 0 Å². The first-order chi connectivity index (χ1) is 7.60. The van der Waals surface area contributed by atoms with Crippen LogP contribution in [0.3, 0.4) is 0 Å². The average Bonchev–Trinajstić information content (AvgIpc) is 2.28. The molecule has 0 N–H and O–H groups in total. The quantitative estimate of drug-likeness (QED) is 0.835. The average molecular weight is 281 g/mol. The van der Waals surface area contributed by atoms with E-state index in [1.54, 1.807) is 0 Å². The van der Waals surface area contributed by atoms with Crippen molar-refractivity contribution in [2.75, 3.05) is 11.9 Å². The predicted molar refractivity (Wildman–Crippen MR) is 71.6 cm³/mol. The van der Waals surface area contributed by atoms with E-state index in [9.17, 15) is 0 Å². The third kappa shape index (κ3) is 2.99. The highest BCUT2D eigenvalue weighted by molar-refractivity contribution is 9.10. The molecule has 1 aromatic rings. The van der Waals surface area contributed by atoms with Crippen molar-refractivity contribution in [1.29, 1.82) is 5.26 Å². The fourth-order valence-corrected chi connectivity index (χ4v) is 2.09. The molecule has 0 aliphatic carbocycles. The number of rotatable bonds is 4. The van der Waals surface area contributed by atoms with E-state index in [2.05, 4.69) is 40.7 Å². The van der Waals surface area contributed by atoms with Crippen molar-refractivity contribution in [1.82, 2.24) is 0 Å². The Morgan fingerprint density at radius 1 is 1.50 bits per heavy atom. The van der Waals surface area contributed by atoms with Crippen LogP contribution in [-0.2, 0) is 0 Å². The Hall–Kier alpha value is -1.01. The molecular weight excluding hydrogens is 264 g/mol. The van der Waals surface area contributed by atoms with E-state index in [0.717, 1.165) is 28.6 Å². The van der Waals surface area contributed by atoms with Crippen molar-refractivity contribution < 1.29 is 0 Å². The molecule has 0 fully saturated rings. The lowest BCUT2D eigenvalue weighted by molar-refractivity contribution is 0.616. The number of nitriles is 1. The Labute approximate surface area is 106 Å². The van der Waals surface area contributed by atoms with Crippen LogP contribution in [-0.4, -0.2) is 13.1 Å². The second-order valence-electron chi connectivity index (χ2n) is 4.02. The van der Waals surface area contributed by atoms with Crippen molar-refractivity contribution in [2.45, 2.75) is 32.7 Å². The van der Waals surface area contributed by atoms with Gasteiger partial charge in [-0.1, -0.05) is 29.3 Å². The van der Waals surface area contributed by atoms with Gasteiger partial charge in [-0.05, 0) is 31.5 Å². The minimum atomic E-state index is 0.450.